The molecule has 0 aliphatic rings. The SMILES string of the molecule is Nc1ccccc1[NH+]=C(c1ccccc1)c1nc2ccccc2[nH]c1=O. The molecule has 5 nitrogen and oxygen atoms in total. The van der Waals surface area contributed by atoms with Crippen LogP contribution < -0.4 is 16.3 Å². The third kappa shape index (κ3) is 2.98. The molecule has 4 rings (SSSR count). The molecule has 0 fully saturated rings. The van der Waals surface area contributed by atoms with Gasteiger partial charge in [0.05, 0.1) is 11.0 Å². The molecule has 0 amide bonds. The van der Waals surface area contributed by atoms with Crippen LogP contribution in [0.15, 0.2) is 83.7 Å². The molecule has 0 unspecified atom stereocenters. The Morgan fingerprint density at radius 2 is 1.58 bits per heavy atom. The number of nitrogens with zero attached hydrogens (tertiary/aromatic N) is 1. The highest BCUT2D eigenvalue weighted by Crippen LogP contribution is 2.12. The van der Waals surface area contributed by atoms with Crippen LogP contribution in [-0.2, 0) is 0 Å². The van der Waals surface area contributed by atoms with Crippen LogP contribution in [0.3, 0.4) is 0 Å². The Morgan fingerprint density at radius 1 is 0.885 bits per heavy atom. The van der Waals surface area contributed by atoms with E-state index in [-0.39, 0.29) is 5.56 Å². The van der Waals surface area contributed by atoms with Gasteiger partial charge in [0.15, 0.2) is 0 Å². The Morgan fingerprint density at radius 3 is 2.38 bits per heavy atom. The Kier molecular flexibility index (Phi) is 4.03. The van der Waals surface area contributed by atoms with Crippen molar-refractivity contribution >= 4 is 28.1 Å². The molecule has 0 saturated heterocycles. The quantitative estimate of drug-likeness (QED) is 0.392. The number of para-hydroxylation sites is 4. The number of anilines is 1. The first kappa shape index (κ1) is 15.8. The molecule has 0 bridgehead atoms. The Balaban J connectivity index is 1.99. The van der Waals surface area contributed by atoms with Gasteiger partial charge in [-0.05, 0) is 30.3 Å². The van der Waals surface area contributed by atoms with E-state index < -0.39 is 0 Å². The molecule has 1 aromatic heterocycles. The van der Waals surface area contributed by atoms with Crippen molar-refractivity contribution in [3.8, 4) is 0 Å². The normalized spacial score (nSPS) is 11.6. The third-order valence-corrected chi connectivity index (χ3v) is 4.12. The number of nitrogens with two attached hydrogens (primary N) is 1. The van der Waals surface area contributed by atoms with Crippen molar-refractivity contribution in [2.45, 2.75) is 0 Å². The van der Waals surface area contributed by atoms with Gasteiger partial charge in [-0.1, -0.05) is 42.5 Å². The molecular weight excluding hydrogens is 324 g/mol. The van der Waals surface area contributed by atoms with Crippen LogP contribution in [0, 0.1) is 0 Å². The van der Waals surface area contributed by atoms with E-state index in [0.717, 1.165) is 16.8 Å². The average Bonchev–Trinajstić information content (AvgIpc) is 2.68. The topological polar surface area (TPSA) is 85.7 Å². The number of benzene rings is 3. The Bertz CT molecular complexity index is 1160. The van der Waals surface area contributed by atoms with E-state index in [2.05, 4.69) is 15.0 Å². The highest BCUT2D eigenvalue weighted by atomic mass is 16.1. The molecule has 0 aliphatic carbocycles. The van der Waals surface area contributed by atoms with E-state index in [1.165, 1.54) is 0 Å². The average molecular weight is 341 g/mol. The van der Waals surface area contributed by atoms with Crippen LogP contribution in [-0.4, -0.2) is 15.7 Å². The third-order valence-electron chi connectivity index (χ3n) is 4.12. The maximum atomic E-state index is 12.7. The molecule has 0 atom stereocenters. The molecule has 3 aromatic carbocycles. The second-order valence-corrected chi connectivity index (χ2v) is 5.88. The first-order valence-corrected chi connectivity index (χ1v) is 8.26. The number of H-pyrrole nitrogens is 1. The van der Waals surface area contributed by atoms with Gasteiger partial charge >= 0.3 is 0 Å². The lowest BCUT2D eigenvalue weighted by Gasteiger charge is -2.04. The number of nitrogens with one attached hydrogen (secondary N) is 2. The fourth-order valence-corrected chi connectivity index (χ4v) is 2.82. The van der Waals surface area contributed by atoms with Crippen LogP contribution in [0.5, 0.6) is 0 Å². The Hall–Kier alpha value is -3.73. The minimum atomic E-state index is -0.260. The standard InChI is InChI=1S/C21H16N4O/c22-15-10-4-5-11-16(15)23-19(14-8-2-1-3-9-14)20-21(26)25-18-13-7-6-12-17(18)24-20/h1-13H,22H2,(H,25,26)/p+1. The second-order valence-electron chi connectivity index (χ2n) is 5.88. The van der Waals surface area contributed by atoms with Crippen LogP contribution >= 0.6 is 0 Å². The van der Waals surface area contributed by atoms with Gasteiger partial charge in [0, 0.05) is 11.6 Å². The van der Waals surface area contributed by atoms with Gasteiger partial charge in [0.1, 0.15) is 5.69 Å². The number of aromatic nitrogens is 2. The fraction of sp³-hybridized carbons (Fsp3) is 0. The Labute approximate surface area is 149 Å². The number of fused-ring (bicyclic) bond motifs is 1. The van der Waals surface area contributed by atoms with Gasteiger partial charge in [-0.15, -0.1) is 0 Å². The molecule has 26 heavy (non-hydrogen) atoms. The lowest BCUT2D eigenvalue weighted by molar-refractivity contribution is -0.351. The van der Waals surface area contributed by atoms with Crippen molar-refractivity contribution in [1.82, 2.24) is 9.97 Å². The summed E-state index contributed by atoms with van der Waals surface area (Å²) in [6.07, 6.45) is 0. The maximum Gasteiger partial charge on any atom is 0.281 e. The van der Waals surface area contributed by atoms with Crippen molar-refractivity contribution in [2.75, 3.05) is 5.73 Å². The molecule has 0 saturated carbocycles. The summed E-state index contributed by atoms with van der Waals surface area (Å²) in [7, 11) is 0. The van der Waals surface area contributed by atoms with Gasteiger partial charge in [-0.3, -0.25) is 4.79 Å². The van der Waals surface area contributed by atoms with Crippen molar-refractivity contribution in [3.05, 3.63) is 100 Å². The summed E-state index contributed by atoms with van der Waals surface area (Å²) in [6.45, 7) is 0. The largest absolute Gasteiger partial charge is 0.393 e. The summed E-state index contributed by atoms with van der Waals surface area (Å²) in [5.41, 5.74) is 10.3. The van der Waals surface area contributed by atoms with E-state index >= 15 is 0 Å². The van der Waals surface area contributed by atoms with Crippen LogP contribution in [0.2, 0.25) is 0 Å². The zero-order valence-corrected chi connectivity index (χ0v) is 13.9. The van der Waals surface area contributed by atoms with Crippen LogP contribution in [0.4, 0.5) is 11.4 Å². The number of hydrogen-bond donors (Lipinski definition) is 3. The van der Waals surface area contributed by atoms with Crippen molar-refractivity contribution in [1.29, 1.82) is 0 Å². The number of rotatable bonds is 3. The van der Waals surface area contributed by atoms with E-state index in [4.69, 9.17) is 5.73 Å². The summed E-state index contributed by atoms with van der Waals surface area (Å²) in [4.78, 5) is 23.5. The van der Waals surface area contributed by atoms with Gasteiger partial charge in [-0.25, -0.2) is 9.98 Å². The smallest absolute Gasteiger partial charge is 0.281 e. The van der Waals surface area contributed by atoms with E-state index in [0.29, 0.717) is 22.6 Å². The zero-order valence-electron chi connectivity index (χ0n) is 13.9. The first-order chi connectivity index (χ1) is 12.7. The molecule has 1 heterocycles. The lowest BCUT2D eigenvalue weighted by atomic mass is 10.1. The van der Waals surface area contributed by atoms with Crippen molar-refractivity contribution < 1.29 is 4.99 Å². The predicted molar refractivity (Wildman–Crippen MR) is 103 cm³/mol. The number of hydrogen-bond acceptors (Lipinski definition) is 3. The molecule has 0 radical (unpaired) electrons. The maximum absolute atomic E-state index is 12.7. The summed E-state index contributed by atoms with van der Waals surface area (Å²) >= 11 is 0. The van der Waals surface area contributed by atoms with E-state index in [9.17, 15) is 4.79 Å². The van der Waals surface area contributed by atoms with Crippen molar-refractivity contribution in [3.63, 3.8) is 0 Å². The monoisotopic (exact) mass is 341 g/mol. The van der Waals surface area contributed by atoms with E-state index in [1.807, 2.05) is 78.9 Å². The molecule has 4 N–H and O–H groups in total. The van der Waals surface area contributed by atoms with Crippen LogP contribution in [0.25, 0.3) is 11.0 Å². The van der Waals surface area contributed by atoms with Gasteiger partial charge in [-0.2, -0.15) is 0 Å². The molecule has 0 spiro atoms. The molecule has 0 aliphatic heterocycles. The van der Waals surface area contributed by atoms with Gasteiger partial charge in [0.2, 0.25) is 17.1 Å². The number of aromatic amines is 1. The minimum absolute atomic E-state index is 0.260. The summed E-state index contributed by atoms with van der Waals surface area (Å²) in [6, 6.07) is 24.5. The summed E-state index contributed by atoms with van der Waals surface area (Å²) in [5, 5.41) is 0. The molecular formula is C21H17N4O+. The molecule has 4 aromatic rings. The van der Waals surface area contributed by atoms with Crippen LogP contribution in [0.1, 0.15) is 11.3 Å². The molecule has 126 valence electrons. The highest BCUT2D eigenvalue weighted by Gasteiger charge is 2.21. The summed E-state index contributed by atoms with van der Waals surface area (Å²) < 4.78 is 0. The first-order valence-electron chi connectivity index (χ1n) is 8.26. The predicted octanol–water partition coefficient (Wildman–Crippen LogP) is 1.75. The fourth-order valence-electron chi connectivity index (χ4n) is 2.82. The number of nitrogen functional groups attached to an aromatic ring is 1. The van der Waals surface area contributed by atoms with Crippen molar-refractivity contribution in [2.24, 2.45) is 0 Å². The van der Waals surface area contributed by atoms with E-state index in [1.54, 1.807) is 0 Å². The lowest BCUT2D eigenvalue weighted by Crippen LogP contribution is -2.68. The second kappa shape index (κ2) is 6.64. The van der Waals surface area contributed by atoms with Gasteiger partial charge < -0.3 is 10.7 Å². The minimum Gasteiger partial charge on any atom is -0.393 e. The summed E-state index contributed by atoms with van der Waals surface area (Å²) in [5.74, 6) is 0. The van der Waals surface area contributed by atoms with Gasteiger partial charge in [0.25, 0.3) is 5.56 Å². The highest BCUT2D eigenvalue weighted by molar-refractivity contribution is 6.08. The zero-order chi connectivity index (χ0) is 17.9. The molecule has 5 heteroatoms.